The summed E-state index contributed by atoms with van der Waals surface area (Å²) in [5.41, 5.74) is 1.15. The van der Waals surface area contributed by atoms with Crippen LogP contribution in [0.25, 0.3) is 10.8 Å². The number of aromatic nitrogens is 1. The summed E-state index contributed by atoms with van der Waals surface area (Å²) in [5.74, 6) is -1.43. The van der Waals surface area contributed by atoms with Crippen LogP contribution in [0.3, 0.4) is 0 Å². The third-order valence-electron chi connectivity index (χ3n) is 3.17. The average Bonchev–Trinajstić information content (AvgIpc) is 2.56. The van der Waals surface area contributed by atoms with Crippen molar-refractivity contribution in [2.45, 2.75) is 0 Å². The number of carbonyl (C=O) groups excluding carboxylic acids is 2. The molecule has 1 aromatic heterocycles. The van der Waals surface area contributed by atoms with Gasteiger partial charge < -0.3 is 10.6 Å². The van der Waals surface area contributed by atoms with Crippen LogP contribution in [-0.2, 0) is 9.59 Å². The van der Waals surface area contributed by atoms with E-state index in [0.717, 1.165) is 10.8 Å². The van der Waals surface area contributed by atoms with Gasteiger partial charge in [-0.25, -0.2) is 0 Å². The average molecular weight is 291 g/mol. The first-order chi connectivity index (χ1) is 10.7. The summed E-state index contributed by atoms with van der Waals surface area (Å²) in [7, 11) is 0. The second-order valence-electron chi connectivity index (χ2n) is 4.68. The van der Waals surface area contributed by atoms with Gasteiger partial charge in [0.1, 0.15) is 0 Å². The number of fused-ring (bicyclic) bond motifs is 1. The van der Waals surface area contributed by atoms with E-state index < -0.39 is 11.8 Å². The first kappa shape index (κ1) is 13.8. The molecule has 2 N–H and O–H groups in total. The molecule has 3 rings (SSSR count). The van der Waals surface area contributed by atoms with Crippen LogP contribution in [0.1, 0.15) is 0 Å². The van der Waals surface area contributed by atoms with Gasteiger partial charge in [-0.2, -0.15) is 0 Å². The van der Waals surface area contributed by atoms with Crippen LogP contribution in [0.15, 0.2) is 67.0 Å². The Kier molecular flexibility index (Phi) is 3.78. The molecule has 0 aliphatic carbocycles. The molecule has 108 valence electrons. The van der Waals surface area contributed by atoms with Gasteiger partial charge in [0.25, 0.3) is 0 Å². The Morgan fingerprint density at radius 2 is 1.59 bits per heavy atom. The van der Waals surface area contributed by atoms with Gasteiger partial charge in [0.15, 0.2) is 0 Å². The van der Waals surface area contributed by atoms with Crippen LogP contribution >= 0.6 is 0 Å². The Balaban J connectivity index is 1.77. The van der Waals surface area contributed by atoms with E-state index in [1.807, 2.05) is 12.1 Å². The lowest BCUT2D eigenvalue weighted by Gasteiger charge is -2.08. The summed E-state index contributed by atoms with van der Waals surface area (Å²) >= 11 is 0. The first-order valence-electron chi connectivity index (χ1n) is 6.74. The van der Waals surface area contributed by atoms with E-state index >= 15 is 0 Å². The summed E-state index contributed by atoms with van der Waals surface area (Å²) in [5, 5.41) is 6.90. The molecule has 3 aromatic rings. The zero-order valence-electron chi connectivity index (χ0n) is 11.6. The minimum atomic E-state index is -0.715. The fourth-order valence-electron chi connectivity index (χ4n) is 2.12. The zero-order chi connectivity index (χ0) is 15.4. The third kappa shape index (κ3) is 2.93. The van der Waals surface area contributed by atoms with E-state index in [-0.39, 0.29) is 0 Å². The summed E-state index contributed by atoms with van der Waals surface area (Å²) in [6.07, 6.45) is 3.34. The maximum absolute atomic E-state index is 12.0. The van der Waals surface area contributed by atoms with Crippen LogP contribution in [0, 0.1) is 0 Å². The van der Waals surface area contributed by atoms with Gasteiger partial charge in [-0.1, -0.05) is 30.3 Å². The van der Waals surface area contributed by atoms with Gasteiger partial charge in [0.05, 0.1) is 0 Å². The second kappa shape index (κ2) is 6.05. The van der Waals surface area contributed by atoms with E-state index in [4.69, 9.17) is 0 Å². The molecular formula is C17H13N3O2. The topological polar surface area (TPSA) is 71.1 Å². The molecule has 0 saturated heterocycles. The van der Waals surface area contributed by atoms with E-state index in [1.54, 1.807) is 54.9 Å². The Morgan fingerprint density at radius 1 is 0.818 bits per heavy atom. The highest BCUT2D eigenvalue weighted by atomic mass is 16.2. The van der Waals surface area contributed by atoms with Crippen molar-refractivity contribution >= 4 is 34.0 Å². The number of anilines is 2. The standard InChI is InChI=1S/C17H13N3O2/c21-16(19-13-6-2-1-3-7-13)17(22)20-15-8-4-5-12-11-18-10-9-14(12)15/h1-11H,(H,19,21)(H,20,22). The first-order valence-corrected chi connectivity index (χ1v) is 6.74. The molecule has 1 heterocycles. The Bertz CT molecular complexity index is 826. The van der Waals surface area contributed by atoms with Crippen LogP contribution < -0.4 is 10.6 Å². The highest BCUT2D eigenvalue weighted by Crippen LogP contribution is 2.22. The fourth-order valence-corrected chi connectivity index (χ4v) is 2.12. The quantitative estimate of drug-likeness (QED) is 0.713. The van der Waals surface area contributed by atoms with E-state index in [2.05, 4.69) is 15.6 Å². The van der Waals surface area contributed by atoms with Gasteiger partial charge in [-0.05, 0) is 24.3 Å². The lowest BCUT2D eigenvalue weighted by molar-refractivity contribution is -0.132. The van der Waals surface area contributed by atoms with Crippen molar-refractivity contribution in [1.82, 2.24) is 4.98 Å². The molecule has 5 nitrogen and oxygen atoms in total. The third-order valence-corrected chi connectivity index (χ3v) is 3.17. The minimum Gasteiger partial charge on any atom is -0.318 e. The largest absolute Gasteiger partial charge is 0.318 e. The van der Waals surface area contributed by atoms with Crippen molar-refractivity contribution in [3.05, 3.63) is 67.0 Å². The summed E-state index contributed by atoms with van der Waals surface area (Å²) in [6.45, 7) is 0. The van der Waals surface area contributed by atoms with E-state index in [9.17, 15) is 9.59 Å². The Labute approximate surface area is 127 Å². The van der Waals surface area contributed by atoms with Gasteiger partial charge in [0, 0.05) is 34.5 Å². The Morgan fingerprint density at radius 3 is 2.41 bits per heavy atom. The number of amides is 2. The summed E-state index contributed by atoms with van der Waals surface area (Å²) < 4.78 is 0. The monoisotopic (exact) mass is 291 g/mol. The number of nitrogens with zero attached hydrogens (tertiary/aromatic N) is 1. The number of rotatable bonds is 2. The molecule has 2 amide bonds. The van der Waals surface area contributed by atoms with Crippen molar-refractivity contribution in [1.29, 1.82) is 0 Å². The number of pyridine rings is 1. The van der Waals surface area contributed by atoms with Crippen LogP contribution in [-0.4, -0.2) is 16.8 Å². The molecule has 0 saturated carbocycles. The smallest absolute Gasteiger partial charge is 0.314 e. The van der Waals surface area contributed by atoms with E-state index in [1.165, 1.54) is 0 Å². The minimum absolute atomic E-state index is 0.574. The lowest BCUT2D eigenvalue weighted by Crippen LogP contribution is -2.29. The molecule has 2 aromatic carbocycles. The summed E-state index contributed by atoms with van der Waals surface area (Å²) in [6, 6.07) is 16.1. The molecule has 0 fully saturated rings. The molecule has 0 radical (unpaired) electrons. The summed E-state index contributed by atoms with van der Waals surface area (Å²) in [4.78, 5) is 28.0. The van der Waals surface area contributed by atoms with Crippen molar-refractivity contribution in [2.24, 2.45) is 0 Å². The molecule has 0 spiro atoms. The van der Waals surface area contributed by atoms with Crippen molar-refractivity contribution in [3.8, 4) is 0 Å². The number of benzene rings is 2. The van der Waals surface area contributed by atoms with Crippen LogP contribution in [0.2, 0.25) is 0 Å². The molecule has 5 heteroatoms. The predicted octanol–water partition coefficient (Wildman–Crippen LogP) is 2.81. The highest BCUT2D eigenvalue weighted by molar-refractivity contribution is 6.44. The van der Waals surface area contributed by atoms with Gasteiger partial charge in [0.2, 0.25) is 0 Å². The highest BCUT2D eigenvalue weighted by Gasteiger charge is 2.14. The molecule has 0 aliphatic heterocycles. The number of nitrogens with one attached hydrogen (secondary N) is 2. The number of hydrogen-bond acceptors (Lipinski definition) is 3. The maximum atomic E-state index is 12.0. The molecule has 22 heavy (non-hydrogen) atoms. The van der Waals surface area contributed by atoms with Crippen molar-refractivity contribution in [2.75, 3.05) is 10.6 Å². The SMILES string of the molecule is O=C(Nc1ccccc1)C(=O)Nc1cccc2cnccc12. The number of carbonyl (C=O) groups is 2. The molecule has 0 aliphatic rings. The predicted molar refractivity (Wildman–Crippen MR) is 85.4 cm³/mol. The molecule has 0 atom stereocenters. The van der Waals surface area contributed by atoms with Gasteiger partial charge >= 0.3 is 11.8 Å². The molecule has 0 unspecified atom stereocenters. The zero-order valence-corrected chi connectivity index (χ0v) is 11.6. The van der Waals surface area contributed by atoms with Gasteiger partial charge in [-0.3, -0.25) is 14.6 Å². The fraction of sp³-hybridized carbons (Fsp3) is 0. The van der Waals surface area contributed by atoms with E-state index in [0.29, 0.717) is 11.4 Å². The number of para-hydroxylation sites is 1. The second-order valence-corrected chi connectivity index (χ2v) is 4.68. The van der Waals surface area contributed by atoms with Crippen LogP contribution in [0.4, 0.5) is 11.4 Å². The van der Waals surface area contributed by atoms with Crippen molar-refractivity contribution < 1.29 is 9.59 Å². The number of hydrogen-bond donors (Lipinski definition) is 2. The molecule has 0 bridgehead atoms. The lowest BCUT2D eigenvalue weighted by atomic mass is 10.1. The van der Waals surface area contributed by atoms with Crippen LogP contribution in [0.5, 0.6) is 0 Å². The maximum Gasteiger partial charge on any atom is 0.314 e. The normalized spacial score (nSPS) is 10.2. The van der Waals surface area contributed by atoms with Gasteiger partial charge in [-0.15, -0.1) is 0 Å². The molecular weight excluding hydrogens is 278 g/mol. The van der Waals surface area contributed by atoms with Crippen molar-refractivity contribution in [3.63, 3.8) is 0 Å². The Hall–Kier alpha value is -3.21.